The lowest BCUT2D eigenvalue weighted by Gasteiger charge is -2.17. The number of methoxy groups -OCH3 is 1. The van der Waals surface area contributed by atoms with Crippen molar-refractivity contribution in [2.24, 2.45) is 0 Å². The van der Waals surface area contributed by atoms with Crippen LogP contribution in [0.25, 0.3) is 0 Å². The van der Waals surface area contributed by atoms with E-state index in [1.165, 1.54) is 0 Å². The van der Waals surface area contributed by atoms with Gasteiger partial charge in [-0.15, -0.1) is 0 Å². The van der Waals surface area contributed by atoms with Gasteiger partial charge in [0.2, 0.25) is 5.91 Å². The normalized spacial score (nSPS) is 14.4. The van der Waals surface area contributed by atoms with Crippen LogP contribution in [0, 0.1) is 0 Å². The molecule has 1 amide bonds. The lowest BCUT2D eigenvalue weighted by atomic mass is 10.1. The predicted molar refractivity (Wildman–Crippen MR) is 94.0 cm³/mol. The summed E-state index contributed by atoms with van der Waals surface area (Å²) >= 11 is 3.58. The van der Waals surface area contributed by atoms with E-state index in [0.29, 0.717) is 25.5 Å². The Morgan fingerprint density at radius 2 is 2.22 bits per heavy atom. The van der Waals surface area contributed by atoms with Crippen molar-refractivity contribution in [2.75, 3.05) is 33.4 Å². The van der Waals surface area contributed by atoms with Crippen molar-refractivity contribution in [3.63, 3.8) is 0 Å². The highest BCUT2D eigenvalue weighted by Crippen LogP contribution is 2.36. The van der Waals surface area contributed by atoms with Crippen molar-refractivity contribution in [3.8, 4) is 11.5 Å². The zero-order chi connectivity index (χ0) is 16.7. The minimum Gasteiger partial charge on any atom is -0.493 e. The molecule has 1 saturated heterocycles. The molecular weight excluding hydrogens is 360 g/mol. The molecule has 1 aliphatic rings. The molecule has 5 nitrogen and oxygen atoms in total. The molecule has 23 heavy (non-hydrogen) atoms. The van der Waals surface area contributed by atoms with E-state index < -0.39 is 0 Å². The van der Waals surface area contributed by atoms with E-state index in [4.69, 9.17) is 9.47 Å². The summed E-state index contributed by atoms with van der Waals surface area (Å²) in [5.41, 5.74) is 1.06. The number of benzene rings is 1. The zero-order valence-corrected chi connectivity index (χ0v) is 15.4. The molecule has 0 radical (unpaired) electrons. The fourth-order valence-corrected chi connectivity index (χ4v) is 3.21. The van der Waals surface area contributed by atoms with Crippen molar-refractivity contribution >= 4 is 21.8 Å². The maximum atomic E-state index is 11.6. The summed E-state index contributed by atoms with van der Waals surface area (Å²) in [7, 11) is 1.65. The third-order valence-corrected chi connectivity index (χ3v) is 4.67. The largest absolute Gasteiger partial charge is 0.493 e. The second-order valence-corrected chi connectivity index (χ2v) is 6.36. The third kappa shape index (κ3) is 4.85. The molecule has 0 unspecified atom stereocenters. The van der Waals surface area contributed by atoms with Gasteiger partial charge in [0.05, 0.1) is 13.7 Å². The van der Waals surface area contributed by atoms with E-state index in [1.54, 1.807) is 7.11 Å². The molecule has 128 valence electrons. The molecule has 1 aliphatic heterocycles. The molecule has 0 saturated carbocycles. The van der Waals surface area contributed by atoms with Gasteiger partial charge in [0.25, 0.3) is 0 Å². The minimum atomic E-state index is 0.291. The van der Waals surface area contributed by atoms with Crippen LogP contribution >= 0.6 is 15.9 Å². The third-order valence-electron chi connectivity index (χ3n) is 3.93. The number of ether oxygens (including phenoxy) is 2. The van der Waals surface area contributed by atoms with Gasteiger partial charge in [-0.05, 0) is 38.4 Å². The Bertz CT molecular complexity index is 537. The quantitative estimate of drug-likeness (QED) is 0.664. The van der Waals surface area contributed by atoms with Crippen molar-refractivity contribution in [1.82, 2.24) is 10.2 Å². The highest BCUT2D eigenvalue weighted by atomic mass is 79.9. The van der Waals surface area contributed by atoms with Gasteiger partial charge in [0, 0.05) is 36.1 Å². The minimum absolute atomic E-state index is 0.291. The van der Waals surface area contributed by atoms with Crippen LogP contribution in [-0.4, -0.2) is 44.2 Å². The first kappa shape index (κ1) is 18.1. The van der Waals surface area contributed by atoms with E-state index in [2.05, 4.69) is 21.2 Å². The summed E-state index contributed by atoms with van der Waals surface area (Å²) < 4.78 is 12.1. The number of hydrogen-bond donors (Lipinski definition) is 1. The molecule has 0 bridgehead atoms. The SMILES string of the molecule is CCOc1c(OC)ccc(Br)c1CNCCCN1CCCC1=O. The number of hydrogen-bond acceptors (Lipinski definition) is 4. The monoisotopic (exact) mass is 384 g/mol. The highest BCUT2D eigenvalue weighted by molar-refractivity contribution is 9.10. The molecule has 0 aliphatic carbocycles. The van der Waals surface area contributed by atoms with Gasteiger partial charge in [-0.25, -0.2) is 0 Å². The molecule has 1 N–H and O–H groups in total. The number of likely N-dealkylation sites (tertiary alicyclic amines) is 1. The Hall–Kier alpha value is -1.27. The molecular formula is C17H25BrN2O3. The molecule has 1 fully saturated rings. The maximum absolute atomic E-state index is 11.6. The first-order chi connectivity index (χ1) is 11.2. The van der Waals surface area contributed by atoms with E-state index in [-0.39, 0.29) is 0 Å². The van der Waals surface area contributed by atoms with Crippen LogP contribution in [0.1, 0.15) is 31.7 Å². The Morgan fingerprint density at radius 1 is 1.39 bits per heavy atom. The van der Waals surface area contributed by atoms with E-state index >= 15 is 0 Å². The van der Waals surface area contributed by atoms with Crippen LogP contribution in [-0.2, 0) is 11.3 Å². The molecule has 6 heteroatoms. The Labute approximate surface area is 146 Å². The maximum Gasteiger partial charge on any atom is 0.222 e. The number of halogens is 1. The number of rotatable bonds is 9. The second kappa shape index (κ2) is 9.13. The van der Waals surface area contributed by atoms with Crippen LogP contribution in [0.15, 0.2) is 16.6 Å². The molecule has 1 aromatic carbocycles. The molecule has 0 aromatic heterocycles. The highest BCUT2D eigenvalue weighted by Gasteiger charge is 2.19. The number of nitrogens with zero attached hydrogens (tertiary/aromatic N) is 1. The van der Waals surface area contributed by atoms with Gasteiger partial charge < -0.3 is 19.7 Å². The summed E-state index contributed by atoms with van der Waals surface area (Å²) in [5, 5.41) is 3.43. The Balaban J connectivity index is 1.85. The average molecular weight is 385 g/mol. The van der Waals surface area contributed by atoms with Crippen LogP contribution < -0.4 is 14.8 Å². The number of nitrogens with one attached hydrogen (secondary N) is 1. The average Bonchev–Trinajstić information content (AvgIpc) is 2.95. The lowest BCUT2D eigenvalue weighted by molar-refractivity contribution is -0.127. The van der Waals surface area contributed by atoms with Crippen LogP contribution in [0.2, 0.25) is 0 Å². The van der Waals surface area contributed by atoms with Crippen molar-refractivity contribution in [3.05, 3.63) is 22.2 Å². The van der Waals surface area contributed by atoms with Gasteiger partial charge in [0.15, 0.2) is 11.5 Å². The smallest absolute Gasteiger partial charge is 0.222 e. The lowest BCUT2D eigenvalue weighted by Crippen LogP contribution is -2.28. The first-order valence-corrected chi connectivity index (χ1v) is 8.93. The van der Waals surface area contributed by atoms with Crippen LogP contribution in [0.5, 0.6) is 11.5 Å². The zero-order valence-electron chi connectivity index (χ0n) is 13.9. The Kier molecular flexibility index (Phi) is 7.17. The summed E-state index contributed by atoms with van der Waals surface area (Å²) in [6.45, 7) is 5.86. The van der Waals surface area contributed by atoms with E-state index in [1.807, 2.05) is 24.0 Å². The Morgan fingerprint density at radius 3 is 2.87 bits per heavy atom. The van der Waals surface area contributed by atoms with Gasteiger partial charge >= 0.3 is 0 Å². The number of amides is 1. The van der Waals surface area contributed by atoms with Gasteiger partial charge in [-0.3, -0.25) is 4.79 Å². The predicted octanol–water partition coefficient (Wildman–Crippen LogP) is 2.96. The standard InChI is InChI=1S/C17H25BrN2O3/c1-3-23-17-13(14(18)7-8-15(17)22-2)12-19-9-5-11-20-10-4-6-16(20)21/h7-8,19H,3-6,9-12H2,1-2H3. The summed E-state index contributed by atoms with van der Waals surface area (Å²) in [4.78, 5) is 13.5. The van der Waals surface area contributed by atoms with Crippen LogP contribution in [0.4, 0.5) is 0 Å². The summed E-state index contributed by atoms with van der Waals surface area (Å²) in [5.74, 6) is 1.82. The van der Waals surface area contributed by atoms with Gasteiger partial charge in [0.1, 0.15) is 0 Å². The van der Waals surface area contributed by atoms with Crippen LogP contribution in [0.3, 0.4) is 0 Å². The summed E-state index contributed by atoms with van der Waals surface area (Å²) in [6, 6.07) is 3.87. The number of carbonyl (C=O) groups is 1. The molecule has 1 heterocycles. The molecule has 0 spiro atoms. The van der Waals surface area contributed by atoms with E-state index in [0.717, 1.165) is 54.0 Å². The van der Waals surface area contributed by atoms with Crippen molar-refractivity contribution in [1.29, 1.82) is 0 Å². The molecule has 1 aromatic rings. The first-order valence-electron chi connectivity index (χ1n) is 8.14. The fourth-order valence-electron chi connectivity index (χ4n) is 2.76. The molecule has 2 rings (SSSR count). The van der Waals surface area contributed by atoms with Gasteiger partial charge in [-0.1, -0.05) is 15.9 Å². The summed E-state index contributed by atoms with van der Waals surface area (Å²) in [6.07, 6.45) is 2.67. The van der Waals surface area contributed by atoms with Crippen molar-refractivity contribution < 1.29 is 14.3 Å². The molecule has 0 atom stereocenters. The topological polar surface area (TPSA) is 50.8 Å². The second-order valence-electron chi connectivity index (χ2n) is 5.51. The van der Waals surface area contributed by atoms with Crippen molar-refractivity contribution in [2.45, 2.75) is 32.7 Å². The van der Waals surface area contributed by atoms with E-state index in [9.17, 15) is 4.79 Å². The fraction of sp³-hybridized carbons (Fsp3) is 0.588. The number of carbonyl (C=O) groups excluding carboxylic acids is 1. The van der Waals surface area contributed by atoms with Gasteiger partial charge in [-0.2, -0.15) is 0 Å².